The highest BCUT2D eigenvalue weighted by atomic mass is 35.5. The number of aliphatic carboxylic acids is 1. The van der Waals surface area contributed by atoms with E-state index in [1.165, 1.54) is 18.2 Å². The minimum atomic E-state index is -0.876. The molecule has 1 fully saturated rings. The summed E-state index contributed by atoms with van der Waals surface area (Å²) in [4.78, 5) is 12.9. The third-order valence-corrected chi connectivity index (χ3v) is 4.28. The summed E-state index contributed by atoms with van der Waals surface area (Å²) >= 11 is 0. The summed E-state index contributed by atoms with van der Waals surface area (Å²) in [6.07, 6.45) is 4.56. The van der Waals surface area contributed by atoms with Gasteiger partial charge in [0.05, 0.1) is 0 Å². The predicted octanol–water partition coefficient (Wildman–Crippen LogP) is 3.59. The summed E-state index contributed by atoms with van der Waals surface area (Å²) < 4.78 is 13.1. The van der Waals surface area contributed by atoms with Crippen molar-refractivity contribution in [2.45, 2.75) is 31.2 Å². The molecule has 1 aliphatic rings. The first-order valence-electron chi connectivity index (χ1n) is 6.80. The second kappa shape index (κ2) is 7.05. The van der Waals surface area contributed by atoms with Gasteiger partial charge in [0.25, 0.3) is 0 Å². The van der Waals surface area contributed by atoms with Gasteiger partial charge < -0.3 is 5.11 Å². The molecule has 0 heterocycles. The summed E-state index contributed by atoms with van der Waals surface area (Å²) in [6, 6.07) is 6.65. The highest BCUT2D eigenvalue weighted by Crippen LogP contribution is 2.42. The van der Waals surface area contributed by atoms with E-state index in [1.807, 2.05) is 26.2 Å². The zero-order chi connectivity index (χ0) is 14.8. The molecule has 0 spiro atoms. The number of nitrogens with zero attached hydrogens (tertiary/aromatic N) is 1. The number of rotatable bonds is 3. The number of hydrogen-bond acceptors (Lipinski definition) is 2. The van der Waals surface area contributed by atoms with E-state index in [9.17, 15) is 9.18 Å². The van der Waals surface area contributed by atoms with Crippen molar-refractivity contribution in [3.8, 4) is 0 Å². The average molecular weight is 314 g/mol. The van der Waals surface area contributed by atoms with Crippen LogP contribution in [0.15, 0.2) is 35.9 Å². The Bertz CT molecular complexity index is 516. The Morgan fingerprint density at radius 2 is 1.76 bits per heavy atom. The van der Waals surface area contributed by atoms with Crippen LogP contribution in [0.25, 0.3) is 0 Å². The first-order chi connectivity index (χ1) is 9.44. The van der Waals surface area contributed by atoms with Crippen LogP contribution in [-0.2, 0) is 10.3 Å². The van der Waals surface area contributed by atoms with Crippen molar-refractivity contribution in [3.63, 3.8) is 0 Å². The van der Waals surface area contributed by atoms with E-state index in [-0.39, 0.29) is 23.8 Å². The van der Waals surface area contributed by atoms with Gasteiger partial charge in [0.15, 0.2) is 0 Å². The standard InChI is InChI=1S/C16H20FNO2.ClH/c1-18(2)16(13-3-5-14(17)6-4-13)9-7-12(8-10-16)11-15(19)20;/h3-6,11H,7-10H2,1-2H3,(H,19,20);1H. The number of carboxylic acids is 1. The maximum atomic E-state index is 13.1. The van der Waals surface area contributed by atoms with Crippen LogP contribution in [0.5, 0.6) is 0 Å². The summed E-state index contributed by atoms with van der Waals surface area (Å²) in [7, 11) is 4.05. The van der Waals surface area contributed by atoms with E-state index in [1.54, 1.807) is 0 Å². The van der Waals surface area contributed by atoms with Crippen molar-refractivity contribution >= 4 is 18.4 Å². The van der Waals surface area contributed by atoms with E-state index in [4.69, 9.17) is 5.11 Å². The third-order valence-electron chi connectivity index (χ3n) is 4.28. The van der Waals surface area contributed by atoms with Gasteiger partial charge in [-0.15, -0.1) is 12.4 Å². The number of benzene rings is 1. The molecular formula is C16H21ClFNO2. The van der Waals surface area contributed by atoms with Crippen LogP contribution in [0.2, 0.25) is 0 Å². The molecule has 21 heavy (non-hydrogen) atoms. The molecule has 0 aliphatic heterocycles. The van der Waals surface area contributed by atoms with Gasteiger partial charge in [-0.25, -0.2) is 9.18 Å². The smallest absolute Gasteiger partial charge is 0.328 e. The monoisotopic (exact) mass is 313 g/mol. The molecule has 0 bridgehead atoms. The molecule has 5 heteroatoms. The Hall–Kier alpha value is -1.39. The lowest BCUT2D eigenvalue weighted by Gasteiger charge is -2.44. The van der Waals surface area contributed by atoms with Crippen molar-refractivity contribution in [2.75, 3.05) is 14.1 Å². The molecule has 1 aromatic rings. The summed E-state index contributed by atoms with van der Waals surface area (Å²) in [6.45, 7) is 0. The lowest BCUT2D eigenvalue weighted by atomic mass is 9.74. The Morgan fingerprint density at radius 3 is 2.19 bits per heavy atom. The Morgan fingerprint density at radius 1 is 1.24 bits per heavy atom. The highest BCUT2D eigenvalue weighted by Gasteiger charge is 2.37. The van der Waals surface area contributed by atoms with Crippen molar-refractivity contribution in [1.29, 1.82) is 0 Å². The number of allylic oxidation sites excluding steroid dienone is 1. The van der Waals surface area contributed by atoms with Gasteiger partial charge in [-0.05, 0) is 57.5 Å². The number of carboxylic acid groups (broad SMARTS) is 1. The SMILES string of the molecule is CN(C)C1(c2ccc(F)cc2)CCC(=CC(=O)O)CC1.Cl. The zero-order valence-corrected chi connectivity index (χ0v) is 13.1. The van der Waals surface area contributed by atoms with Crippen LogP contribution in [-0.4, -0.2) is 30.1 Å². The maximum Gasteiger partial charge on any atom is 0.328 e. The van der Waals surface area contributed by atoms with Gasteiger partial charge >= 0.3 is 5.97 Å². The molecule has 3 nitrogen and oxygen atoms in total. The third kappa shape index (κ3) is 3.83. The first kappa shape index (κ1) is 17.7. The minimum absolute atomic E-state index is 0. The van der Waals surface area contributed by atoms with Crippen LogP contribution in [0.1, 0.15) is 31.2 Å². The molecule has 116 valence electrons. The van der Waals surface area contributed by atoms with Crippen molar-refractivity contribution in [3.05, 3.63) is 47.3 Å². The summed E-state index contributed by atoms with van der Waals surface area (Å²) in [5, 5.41) is 8.82. The van der Waals surface area contributed by atoms with E-state index >= 15 is 0 Å². The number of carbonyl (C=O) groups is 1. The van der Waals surface area contributed by atoms with Crippen LogP contribution >= 0.6 is 12.4 Å². The van der Waals surface area contributed by atoms with Gasteiger partial charge in [0, 0.05) is 11.6 Å². The van der Waals surface area contributed by atoms with Crippen molar-refractivity contribution in [1.82, 2.24) is 4.90 Å². The minimum Gasteiger partial charge on any atom is -0.478 e. The molecule has 2 rings (SSSR count). The van der Waals surface area contributed by atoms with Gasteiger partial charge in [-0.3, -0.25) is 4.90 Å². The van der Waals surface area contributed by atoms with Gasteiger partial charge in [-0.1, -0.05) is 17.7 Å². The molecule has 1 aromatic carbocycles. The van der Waals surface area contributed by atoms with Gasteiger partial charge in [0.2, 0.25) is 0 Å². The summed E-state index contributed by atoms with van der Waals surface area (Å²) in [5.74, 6) is -1.11. The molecule has 0 radical (unpaired) electrons. The molecule has 0 unspecified atom stereocenters. The van der Waals surface area contributed by atoms with Crippen molar-refractivity contribution in [2.24, 2.45) is 0 Å². The molecule has 0 saturated heterocycles. The Balaban J connectivity index is 0.00000220. The molecule has 1 saturated carbocycles. The second-order valence-corrected chi connectivity index (χ2v) is 5.57. The lowest BCUT2D eigenvalue weighted by Crippen LogP contribution is -2.43. The fourth-order valence-electron chi connectivity index (χ4n) is 3.06. The van der Waals surface area contributed by atoms with E-state index in [0.29, 0.717) is 0 Å². The number of hydrogen-bond donors (Lipinski definition) is 1. The maximum absolute atomic E-state index is 13.1. The van der Waals surface area contributed by atoms with Crippen LogP contribution in [0.3, 0.4) is 0 Å². The first-order valence-corrected chi connectivity index (χ1v) is 6.80. The molecule has 0 amide bonds. The van der Waals surface area contributed by atoms with E-state index < -0.39 is 5.97 Å². The predicted molar refractivity (Wildman–Crippen MR) is 83.2 cm³/mol. The Kier molecular flexibility index (Phi) is 5.93. The largest absolute Gasteiger partial charge is 0.478 e. The van der Waals surface area contributed by atoms with Crippen LogP contribution in [0.4, 0.5) is 4.39 Å². The molecular weight excluding hydrogens is 293 g/mol. The quantitative estimate of drug-likeness (QED) is 0.867. The molecule has 1 aliphatic carbocycles. The fraction of sp³-hybridized carbons (Fsp3) is 0.438. The summed E-state index contributed by atoms with van der Waals surface area (Å²) in [5.41, 5.74) is 1.94. The lowest BCUT2D eigenvalue weighted by molar-refractivity contribution is -0.131. The normalized spacial score (nSPS) is 21.8. The topological polar surface area (TPSA) is 40.5 Å². The molecule has 0 aromatic heterocycles. The molecule has 1 N–H and O–H groups in total. The van der Waals surface area contributed by atoms with E-state index in [0.717, 1.165) is 36.8 Å². The highest BCUT2D eigenvalue weighted by molar-refractivity contribution is 5.85. The Labute approximate surface area is 130 Å². The van der Waals surface area contributed by atoms with Crippen molar-refractivity contribution < 1.29 is 14.3 Å². The van der Waals surface area contributed by atoms with Crippen LogP contribution < -0.4 is 0 Å². The average Bonchev–Trinajstić information content (AvgIpc) is 2.40. The zero-order valence-electron chi connectivity index (χ0n) is 12.3. The second-order valence-electron chi connectivity index (χ2n) is 5.57. The molecule has 0 atom stereocenters. The fourth-order valence-corrected chi connectivity index (χ4v) is 3.06. The van der Waals surface area contributed by atoms with Gasteiger partial charge in [0.1, 0.15) is 5.82 Å². The number of halogens is 2. The van der Waals surface area contributed by atoms with Crippen LogP contribution in [0, 0.1) is 5.82 Å². The van der Waals surface area contributed by atoms with Gasteiger partial charge in [-0.2, -0.15) is 0 Å². The van der Waals surface area contributed by atoms with E-state index in [2.05, 4.69) is 4.90 Å².